The first-order valence-electron chi connectivity index (χ1n) is 11.6. The first kappa shape index (κ1) is 23.8. The van der Waals surface area contributed by atoms with Crippen molar-refractivity contribution in [1.29, 1.82) is 0 Å². The lowest BCUT2D eigenvalue weighted by Gasteiger charge is -2.34. The van der Waals surface area contributed by atoms with Crippen LogP contribution in [0.1, 0.15) is 58.3 Å². The van der Waals surface area contributed by atoms with Gasteiger partial charge in [-0.25, -0.2) is 4.79 Å². The molecule has 1 amide bonds. The van der Waals surface area contributed by atoms with Crippen LogP contribution in [0.15, 0.2) is 23.0 Å². The summed E-state index contributed by atoms with van der Waals surface area (Å²) in [6.45, 7) is 3.87. The summed E-state index contributed by atoms with van der Waals surface area (Å²) in [5, 5.41) is 29.5. The van der Waals surface area contributed by atoms with Gasteiger partial charge in [-0.3, -0.25) is 4.79 Å². The average Bonchev–Trinajstić information content (AvgIpc) is 2.93. The Morgan fingerprint density at radius 3 is 2.74 bits per heavy atom. The third-order valence-corrected chi connectivity index (χ3v) is 6.58. The van der Waals surface area contributed by atoms with Crippen LogP contribution in [0.5, 0.6) is 0 Å². The van der Waals surface area contributed by atoms with Crippen LogP contribution in [0.25, 0.3) is 0 Å². The van der Waals surface area contributed by atoms with Crippen molar-refractivity contribution >= 4 is 19.0 Å². The van der Waals surface area contributed by atoms with Gasteiger partial charge >= 0.3 is 13.1 Å². The molecule has 1 aliphatic heterocycles. The number of aliphatic carboxylic acids is 1. The highest BCUT2D eigenvalue weighted by Crippen LogP contribution is 2.36. The minimum Gasteiger partial charge on any atom is -0.534 e. The van der Waals surface area contributed by atoms with E-state index in [0.29, 0.717) is 31.2 Å². The molecule has 0 aromatic rings. The normalized spacial score (nSPS) is 28.9. The van der Waals surface area contributed by atoms with Crippen molar-refractivity contribution in [3.05, 3.63) is 23.0 Å². The van der Waals surface area contributed by atoms with Crippen LogP contribution >= 0.6 is 0 Å². The highest BCUT2D eigenvalue weighted by Gasteiger charge is 2.41. The molecule has 4 atom stereocenters. The fraction of sp³-hybridized carbons (Fsp3) is 0.727. The zero-order valence-corrected chi connectivity index (χ0v) is 18.7. The number of nitrogens with one attached hydrogen (secondary N) is 3. The largest absolute Gasteiger partial charge is 0.547 e. The Bertz CT molecular complexity index is 726. The lowest BCUT2D eigenvalue weighted by Crippen LogP contribution is -2.51. The van der Waals surface area contributed by atoms with E-state index < -0.39 is 19.0 Å². The molecule has 0 bridgehead atoms. The molecular weight excluding hydrogens is 397 g/mol. The number of carboxylic acid groups (broad SMARTS) is 1. The number of carbonyl (C=O) groups is 2. The fourth-order valence-corrected chi connectivity index (χ4v) is 4.99. The van der Waals surface area contributed by atoms with Gasteiger partial charge in [-0.1, -0.05) is 19.4 Å². The molecule has 1 heterocycles. The van der Waals surface area contributed by atoms with Crippen molar-refractivity contribution in [3.63, 3.8) is 0 Å². The zero-order valence-electron chi connectivity index (χ0n) is 18.7. The number of carbonyl (C=O) groups excluding carboxylic acids is 1. The number of amides is 1. The van der Waals surface area contributed by atoms with E-state index in [1.807, 2.05) is 14.0 Å². The van der Waals surface area contributed by atoms with Gasteiger partial charge in [0.15, 0.2) is 0 Å². The number of hydrogen-bond acceptors (Lipinski definition) is 6. The monoisotopic (exact) mass is 433 g/mol. The average molecular weight is 433 g/mol. The van der Waals surface area contributed by atoms with Crippen LogP contribution in [-0.2, 0) is 14.2 Å². The maximum atomic E-state index is 12.7. The molecule has 172 valence electrons. The van der Waals surface area contributed by atoms with E-state index in [9.17, 15) is 19.7 Å². The molecule has 0 radical (unpaired) electrons. The smallest absolute Gasteiger partial charge is 0.534 e. The quantitative estimate of drug-likeness (QED) is 0.223. The van der Waals surface area contributed by atoms with E-state index in [0.717, 1.165) is 50.8 Å². The molecule has 0 spiro atoms. The second-order valence-corrected chi connectivity index (χ2v) is 9.22. The molecule has 9 heteroatoms. The van der Waals surface area contributed by atoms with Gasteiger partial charge in [-0.05, 0) is 63.0 Å². The number of carboxylic acids is 1. The van der Waals surface area contributed by atoms with Crippen LogP contribution < -0.4 is 16.0 Å². The predicted octanol–water partition coefficient (Wildman–Crippen LogP) is 1.36. The van der Waals surface area contributed by atoms with Crippen molar-refractivity contribution in [2.24, 2.45) is 11.8 Å². The first-order chi connectivity index (χ1) is 14.9. The summed E-state index contributed by atoms with van der Waals surface area (Å²) in [7, 11) is 0.708. The summed E-state index contributed by atoms with van der Waals surface area (Å²) in [6, 6.07) is 0.519. The van der Waals surface area contributed by atoms with Gasteiger partial charge in [-0.2, -0.15) is 0 Å². The van der Waals surface area contributed by atoms with Crippen molar-refractivity contribution in [1.82, 2.24) is 16.0 Å². The third-order valence-electron chi connectivity index (χ3n) is 6.58. The molecule has 3 unspecified atom stereocenters. The molecule has 3 rings (SSSR count). The van der Waals surface area contributed by atoms with E-state index in [-0.39, 0.29) is 23.2 Å². The zero-order chi connectivity index (χ0) is 22.4. The lowest BCUT2D eigenvalue weighted by atomic mass is 9.69. The van der Waals surface area contributed by atoms with Crippen molar-refractivity contribution in [2.75, 3.05) is 20.1 Å². The van der Waals surface area contributed by atoms with Crippen molar-refractivity contribution < 1.29 is 24.4 Å². The Morgan fingerprint density at radius 2 is 2.00 bits per heavy atom. The Labute approximate surface area is 185 Å². The highest BCUT2D eigenvalue weighted by atomic mass is 16.5. The highest BCUT2D eigenvalue weighted by molar-refractivity contribution is 6.46. The number of likely N-dealkylation sites (N-methyl/N-ethyl adjacent to an activating group) is 1. The predicted molar refractivity (Wildman–Crippen MR) is 119 cm³/mol. The molecule has 0 saturated heterocycles. The van der Waals surface area contributed by atoms with Gasteiger partial charge in [-0.15, -0.1) is 0 Å². The Morgan fingerprint density at radius 1 is 1.19 bits per heavy atom. The Balaban J connectivity index is 1.51. The van der Waals surface area contributed by atoms with Crippen LogP contribution in [-0.4, -0.2) is 61.2 Å². The first-order valence-corrected chi connectivity index (χ1v) is 11.6. The lowest BCUT2D eigenvalue weighted by molar-refractivity contribution is -0.132. The van der Waals surface area contributed by atoms with Crippen LogP contribution in [0.3, 0.4) is 0 Å². The molecule has 2 aliphatic carbocycles. The van der Waals surface area contributed by atoms with Gasteiger partial charge < -0.3 is 30.7 Å². The van der Waals surface area contributed by atoms with Gasteiger partial charge in [0.2, 0.25) is 5.91 Å². The number of hydrogen-bond donors (Lipinski definition) is 5. The molecule has 1 saturated carbocycles. The summed E-state index contributed by atoms with van der Waals surface area (Å²) in [5.74, 6) is -0.969. The Kier molecular flexibility index (Phi) is 8.57. The minimum absolute atomic E-state index is 0.0684. The molecule has 0 aromatic carbocycles. The van der Waals surface area contributed by atoms with E-state index in [2.05, 4.69) is 16.0 Å². The van der Waals surface area contributed by atoms with Crippen molar-refractivity contribution in [2.45, 2.75) is 70.3 Å². The van der Waals surface area contributed by atoms with Gasteiger partial charge in [0.05, 0.1) is 11.5 Å². The Hall–Kier alpha value is -1.84. The van der Waals surface area contributed by atoms with Crippen LogP contribution in [0, 0.1) is 11.8 Å². The van der Waals surface area contributed by atoms with Crippen molar-refractivity contribution in [3.8, 4) is 0 Å². The van der Waals surface area contributed by atoms with Gasteiger partial charge in [0.25, 0.3) is 0 Å². The maximum absolute atomic E-state index is 12.7. The second-order valence-electron chi connectivity index (χ2n) is 9.22. The van der Waals surface area contributed by atoms with Crippen LogP contribution in [0.2, 0.25) is 0 Å². The van der Waals surface area contributed by atoms with Gasteiger partial charge in [0.1, 0.15) is 5.76 Å². The number of rotatable bonds is 8. The third kappa shape index (κ3) is 6.57. The summed E-state index contributed by atoms with van der Waals surface area (Å²) in [4.78, 5) is 24.2. The second kappa shape index (κ2) is 11.2. The van der Waals surface area contributed by atoms with E-state index in [4.69, 9.17) is 4.65 Å². The summed E-state index contributed by atoms with van der Waals surface area (Å²) >= 11 is 0. The fourth-order valence-electron chi connectivity index (χ4n) is 4.99. The number of allylic oxidation sites excluding steroid dienone is 1. The topological polar surface area (TPSA) is 120 Å². The molecule has 1 fully saturated rings. The standard InChI is InChI=1S/C22H36BN3O5/c1-14-10-16-13-19(23(30)31-21(16)18(11-14)22(28)29)26-20(27)12-15-4-3-5-17(7-6-15)25-9-8-24-2/h11,14-15,17,19,24-25,30H,3-10,12-13H2,1-2H3,(H,26,27)(H,28,29)/t14?,15?,17?,19-/m0/s1. The summed E-state index contributed by atoms with van der Waals surface area (Å²) < 4.78 is 5.55. The van der Waals surface area contributed by atoms with E-state index >= 15 is 0 Å². The summed E-state index contributed by atoms with van der Waals surface area (Å²) in [6.07, 6.45) is 8.61. The maximum Gasteiger partial charge on any atom is 0.547 e. The molecule has 5 N–H and O–H groups in total. The molecule has 8 nitrogen and oxygen atoms in total. The van der Waals surface area contributed by atoms with E-state index in [1.165, 1.54) is 0 Å². The van der Waals surface area contributed by atoms with Crippen LogP contribution in [0.4, 0.5) is 0 Å². The molecule has 31 heavy (non-hydrogen) atoms. The van der Waals surface area contributed by atoms with Gasteiger partial charge in [0, 0.05) is 25.6 Å². The molecule has 3 aliphatic rings. The molecular formula is C22H36BN3O5. The molecule has 0 aromatic heterocycles. The summed E-state index contributed by atoms with van der Waals surface area (Å²) in [5.41, 5.74) is 0.960. The SMILES string of the molecule is CNCCNC1CCCC(CC(=O)N[C@H]2CC3=C(OB2O)C(C(=O)O)=CC(C)C3)CC1. The van der Waals surface area contributed by atoms with E-state index in [1.54, 1.807) is 6.08 Å². The minimum atomic E-state index is -1.24.